The average molecular weight is 704 g/mol. The number of benzene rings is 8. The molecule has 0 saturated carbocycles. The van der Waals surface area contributed by atoms with Crippen molar-refractivity contribution >= 4 is 71.7 Å². The zero-order valence-electron chi connectivity index (χ0n) is 30.5. The van der Waals surface area contributed by atoms with Gasteiger partial charge in [-0.3, -0.25) is 0 Å². The Morgan fingerprint density at radius 1 is 0.509 bits per heavy atom. The van der Waals surface area contributed by atoms with E-state index in [-0.39, 0.29) is 0 Å². The van der Waals surface area contributed by atoms with Crippen LogP contribution in [0.5, 0.6) is 0 Å². The van der Waals surface area contributed by atoms with E-state index in [2.05, 4.69) is 200 Å². The number of hydrogen-bond donors (Lipinski definition) is 0. The minimum absolute atomic E-state index is 0.344. The van der Waals surface area contributed by atoms with Gasteiger partial charge in [0.1, 0.15) is 5.58 Å². The molecule has 0 N–H and O–H groups in total. The molecule has 2 heteroatoms. The Bertz CT molecular complexity index is 3160. The summed E-state index contributed by atoms with van der Waals surface area (Å²) < 4.78 is 6.65. The highest BCUT2D eigenvalue weighted by Gasteiger charge is 2.28. The Balaban J connectivity index is 1.08. The first-order valence-electron chi connectivity index (χ1n) is 19.2. The third-order valence-corrected chi connectivity index (χ3v) is 11.9. The fraction of sp³-hybridized carbons (Fsp3) is 0.0566. The van der Waals surface area contributed by atoms with Gasteiger partial charge in [-0.25, -0.2) is 0 Å². The second kappa shape index (κ2) is 12.6. The number of hydrogen-bond acceptors (Lipinski definition) is 2. The molecule has 11 rings (SSSR count). The quantitative estimate of drug-likeness (QED) is 0.166. The zero-order valence-corrected chi connectivity index (χ0v) is 30.5. The number of fused-ring (bicyclic) bond motifs is 8. The van der Waals surface area contributed by atoms with E-state index in [0.29, 0.717) is 11.8 Å². The highest BCUT2D eigenvalue weighted by molar-refractivity contribution is 6.14. The third-order valence-electron chi connectivity index (χ3n) is 11.9. The van der Waals surface area contributed by atoms with Crippen molar-refractivity contribution in [1.82, 2.24) is 0 Å². The van der Waals surface area contributed by atoms with Crippen molar-refractivity contribution in [3.05, 3.63) is 210 Å². The minimum Gasteiger partial charge on any atom is -0.454 e. The molecule has 1 aromatic heterocycles. The molecule has 0 fully saturated rings. The van der Waals surface area contributed by atoms with E-state index in [1.54, 1.807) is 0 Å². The second-order valence-corrected chi connectivity index (χ2v) is 14.8. The Morgan fingerprint density at radius 2 is 1.15 bits per heavy atom. The fourth-order valence-corrected chi connectivity index (χ4v) is 9.28. The lowest BCUT2D eigenvalue weighted by atomic mass is 9.73. The van der Waals surface area contributed by atoms with Gasteiger partial charge in [0, 0.05) is 28.1 Å². The molecule has 0 saturated heterocycles. The van der Waals surface area contributed by atoms with Gasteiger partial charge in [0.05, 0.1) is 5.69 Å². The molecule has 1 heterocycles. The SMILES string of the molecule is CC1C(c2ccc(N(c3ccc(-c4cc5ccccc5c5ccccc45)cc3)c3cccc4c3oc3ccccc34)cc2)=c2ccccc2=C2C=CC=CC21. The van der Waals surface area contributed by atoms with Gasteiger partial charge >= 0.3 is 0 Å². The van der Waals surface area contributed by atoms with Crippen molar-refractivity contribution < 1.29 is 4.42 Å². The van der Waals surface area contributed by atoms with Crippen LogP contribution < -0.4 is 15.3 Å². The van der Waals surface area contributed by atoms with Crippen LogP contribution in [0.3, 0.4) is 0 Å². The van der Waals surface area contributed by atoms with Gasteiger partial charge in [-0.15, -0.1) is 0 Å². The van der Waals surface area contributed by atoms with Crippen LogP contribution >= 0.6 is 0 Å². The molecule has 0 bridgehead atoms. The molecular formula is C53H37NO. The van der Waals surface area contributed by atoms with E-state index in [0.717, 1.165) is 39.0 Å². The van der Waals surface area contributed by atoms with Crippen LogP contribution in [0.25, 0.3) is 65.8 Å². The highest BCUT2D eigenvalue weighted by Crippen LogP contribution is 2.44. The second-order valence-electron chi connectivity index (χ2n) is 14.8. The molecule has 8 aromatic carbocycles. The van der Waals surface area contributed by atoms with Gasteiger partial charge in [-0.2, -0.15) is 0 Å². The molecule has 2 unspecified atom stereocenters. The number of allylic oxidation sites excluding steroid dienone is 4. The van der Waals surface area contributed by atoms with Crippen molar-refractivity contribution in [3.63, 3.8) is 0 Å². The van der Waals surface area contributed by atoms with Gasteiger partial charge in [-0.1, -0.05) is 159 Å². The number of anilines is 3. The molecule has 0 amide bonds. The summed E-state index contributed by atoms with van der Waals surface area (Å²) in [5.41, 5.74) is 11.4. The molecule has 55 heavy (non-hydrogen) atoms. The monoisotopic (exact) mass is 703 g/mol. The van der Waals surface area contributed by atoms with Gasteiger partial charge in [-0.05, 0) is 108 Å². The van der Waals surface area contributed by atoms with Gasteiger partial charge in [0.2, 0.25) is 0 Å². The molecule has 2 nitrogen and oxygen atoms in total. The Morgan fingerprint density at radius 3 is 1.95 bits per heavy atom. The Kier molecular flexibility index (Phi) is 7.25. The minimum atomic E-state index is 0.344. The van der Waals surface area contributed by atoms with Crippen LogP contribution in [0.15, 0.2) is 199 Å². The summed E-state index contributed by atoms with van der Waals surface area (Å²) in [6.07, 6.45) is 9.03. The smallest absolute Gasteiger partial charge is 0.159 e. The molecule has 0 spiro atoms. The standard InChI is InChI=1S/C53H37NO/c1-34-40-14-4-5-16-42(40)44-18-8-9-21-47(44)52(34)36-27-31-39(32-28-36)54(50-23-12-22-48-46-20-10-11-24-51(46)55-53(48)50)38-29-25-35(26-30-38)49-33-37-13-2-3-15-41(37)43-17-6-7-19-45(43)49/h2-34,40H,1H3. The summed E-state index contributed by atoms with van der Waals surface area (Å²) in [4.78, 5) is 2.35. The van der Waals surface area contributed by atoms with Crippen LogP contribution in [-0.4, -0.2) is 0 Å². The summed E-state index contributed by atoms with van der Waals surface area (Å²) in [5, 5.41) is 9.96. The summed E-state index contributed by atoms with van der Waals surface area (Å²) in [6.45, 7) is 2.38. The van der Waals surface area contributed by atoms with Crippen LogP contribution in [-0.2, 0) is 0 Å². The highest BCUT2D eigenvalue weighted by atomic mass is 16.3. The van der Waals surface area contributed by atoms with Crippen LogP contribution in [0.1, 0.15) is 12.5 Å². The molecule has 0 aliphatic heterocycles. The first kappa shape index (κ1) is 31.6. The number of nitrogens with zero attached hydrogens (tertiary/aromatic N) is 1. The molecule has 2 aliphatic rings. The molecule has 260 valence electrons. The average Bonchev–Trinajstić information content (AvgIpc) is 3.64. The van der Waals surface area contributed by atoms with Crippen LogP contribution in [0, 0.1) is 11.8 Å². The van der Waals surface area contributed by atoms with E-state index in [1.165, 1.54) is 59.8 Å². The molecular weight excluding hydrogens is 667 g/mol. The summed E-state index contributed by atoms with van der Waals surface area (Å²) in [6, 6.07) is 61.7. The topological polar surface area (TPSA) is 16.4 Å². The largest absolute Gasteiger partial charge is 0.454 e. The first-order valence-corrected chi connectivity index (χ1v) is 19.2. The van der Waals surface area contributed by atoms with E-state index in [4.69, 9.17) is 4.42 Å². The molecule has 0 radical (unpaired) electrons. The summed E-state index contributed by atoms with van der Waals surface area (Å²) in [7, 11) is 0. The van der Waals surface area contributed by atoms with E-state index in [1.807, 2.05) is 6.07 Å². The van der Waals surface area contributed by atoms with Crippen LogP contribution in [0.4, 0.5) is 17.1 Å². The zero-order chi connectivity index (χ0) is 36.5. The Hall–Kier alpha value is -6.90. The summed E-state index contributed by atoms with van der Waals surface area (Å²) in [5.74, 6) is 0.700. The lowest BCUT2D eigenvalue weighted by Crippen LogP contribution is -2.39. The predicted molar refractivity (Wildman–Crippen MR) is 231 cm³/mol. The van der Waals surface area contributed by atoms with Gasteiger partial charge < -0.3 is 9.32 Å². The van der Waals surface area contributed by atoms with Crippen molar-refractivity contribution in [2.45, 2.75) is 6.92 Å². The van der Waals surface area contributed by atoms with Crippen molar-refractivity contribution in [2.75, 3.05) is 4.90 Å². The van der Waals surface area contributed by atoms with Crippen molar-refractivity contribution in [2.24, 2.45) is 11.8 Å². The van der Waals surface area contributed by atoms with Crippen molar-refractivity contribution in [1.29, 1.82) is 0 Å². The number of furan rings is 1. The predicted octanol–water partition coefficient (Wildman–Crippen LogP) is 12.8. The van der Waals surface area contributed by atoms with E-state index in [9.17, 15) is 0 Å². The maximum Gasteiger partial charge on any atom is 0.159 e. The van der Waals surface area contributed by atoms with Crippen molar-refractivity contribution in [3.8, 4) is 11.1 Å². The number of rotatable bonds is 5. The maximum absolute atomic E-state index is 6.65. The normalized spacial score (nSPS) is 16.2. The Labute approximate surface area is 319 Å². The van der Waals surface area contributed by atoms with E-state index >= 15 is 0 Å². The van der Waals surface area contributed by atoms with E-state index < -0.39 is 0 Å². The maximum atomic E-state index is 6.65. The van der Waals surface area contributed by atoms with Gasteiger partial charge in [0.15, 0.2) is 5.58 Å². The lowest BCUT2D eigenvalue weighted by molar-refractivity contribution is 0.632. The van der Waals surface area contributed by atoms with Gasteiger partial charge in [0.25, 0.3) is 0 Å². The lowest BCUT2D eigenvalue weighted by Gasteiger charge is -2.31. The molecule has 2 aliphatic carbocycles. The molecule has 2 atom stereocenters. The third kappa shape index (κ3) is 5.02. The number of para-hydroxylation sites is 2. The first-order chi connectivity index (χ1) is 27.2. The fourth-order valence-electron chi connectivity index (χ4n) is 9.28. The summed E-state index contributed by atoms with van der Waals surface area (Å²) >= 11 is 0. The molecule has 9 aromatic rings. The van der Waals surface area contributed by atoms with Crippen LogP contribution in [0.2, 0.25) is 0 Å².